The van der Waals surface area contributed by atoms with Gasteiger partial charge in [0, 0.05) is 47.2 Å². The number of aromatic amines is 1. The zero-order valence-electron chi connectivity index (χ0n) is 28.3. The van der Waals surface area contributed by atoms with E-state index in [2.05, 4.69) is 9.97 Å². The first-order chi connectivity index (χ1) is 23.6. The fraction of sp³-hybridized carbons (Fsp3) is 0.389. The van der Waals surface area contributed by atoms with Gasteiger partial charge in [0.1, 0.15) is 17.3 Å². The third-order valence-electron chi connectivity index (χ3n) is 9.57. The average Bonchev–Trinajstić information content (AvgIpc) is 3.68. The van der Waals surface area contributed by atoms with E-state index in [1.807, 2.05) is 20.8 Å². The SMILES string of the molecule is Cn1nc2nc1-c1cc(ccn1)S(=O)c1c(F)cc3[nH]ccc3c1CCS(=O)(=O)CC(C)(C)CCC[C@]2(C)c1cccc(CCC(=O)O)c1F. The standard InChI is InChI=1S/C36H39F2N5O5S2/c1-35(2)14-6-15-36(3,26-8-5-7-22(31(26)38)9-10-30(44)45)34-41-33(43(4)42-34)29-19-23(11-16-40-29)49(46)32-25(13-18-50(47,48)21-35)24-12-17-39-28(24)20-27(32)37/h5,7-8,11-12,16-17,19-20,39H,6,9-10,13-15,18,21H2,1-4H3,(H,44,45)/t36-,49?/m1/s1. The molecule has 0 amide bonds. The predicted octanol–water partition coefficient (Wildman–Crippen LogP) is 6.29. The molecule has 1 aliphatic heterocycles. The zero-order chi connectivity index (χ0) is 36.0. The van der Waals surface area contributed by atoms with Crippen LogP contribution in [0, 0.1) is 17.0 Å². The van der Waals surface area contributed by atoms with Gasteiger partial charge in [-0.15, -0.1) is 0 Å². The topological polar surface area (TPSA) is 148 Å². The number of benzene rings is 2. The Labute approximate surface area is 291 Å². The summed E-state index contributed by atoms with van der Waals surface area (Å²) in [6, 6.07) is 11.0. The largest absolute Gasteiger partial charge is 0.481 e. The minimum Gasteiger partial charge on any atom is -0.481 e. The quantitative estimate of drug-likeness (QED) is 0.220. The summed E-state index contributed by atoms with van der Waals surface area (Å²) in [7, 11) is -4.06. The molecule has 0 aliphatic carbocycles. The van der Waals surface area contributed by atoms with Gasteiger partial charge < -0.3 is 10.1 Å². The number of H-pyrrole nitrogens is 1. The maximum Gasteiger partial charge on any atom is 0.303 e. The number of fused-ring (bicyclic) bond motifs is 8. The summed E-state index contributed by atoms with van der Waals surface area (Å²) in [4.78, 5) is 23.7. The van der Waals surface area contributed by atoms with Gasteiger partial charge in [-0.1, -0.05) is 38.5 Å². The van der Waals surface area contributed by atoms with E-state index in [4.69, 9.17) is 10.1 Å². The van der Waals surface area contributed by atoms with E-state index in [0.29, 0.717) is 52.8 Å². The molecule has 0 saturated heterocycles. The molecule has 2 N–H and O–H groups in total. The van der Waals surface area contributed by atoms with Crippen molar-refractivity contribution in [1.82, 2.24) is 24.7 Å². The molecule has 0 saturated carbocycles. The molecule has 14 heteroatoms. The van der Waals surface area contributed by atoms with E-state index in [-0.39, 0.29) is 51.9 Å². The van der Waals surface area contributed by atoms with Gasteiger partial charge in [0.25, 0.3) is 0 Å². The van der Waals surface area contributed by atoms with E-state index in [1.54, 1.807) is 43.6 Å². The number of carbonyl (C=O) groups is 1. The Hall–Kier alpha value is -4.30. The lowest BCUT2D eigenvalue weighted by Crippen LogP contribution is -2.30. The normalized spacial score (nSPS) is 20.9. The van der Waals surface area contributed by atoms with E-state index < -0.39 is 49.1 Å². The summed E-state index contributed by atoms with van der Waals surface area (Å²) in [6.07, 6.45) is 4.14. The molecule has 6 rings (SSSR count). The second-order valence-corrected chi connectivity index (χ2v) is 17.6. The Morgan fingerprint density at radius 1 is 1.12 bits per heavy atom. The third kappa shape index (κ3) is 7.00. The Morgan fingerprint density at radius 2 is 1.90 bits per heavy atom. The maximum atomic E-state index is 16.3. The predicted molar refractivity (Wildman–Crippen MR) is 186 cm³/mol. The summed E-state index contributed by atoms with van der Waals surface area (Å²) in [5.74, 6) is -2.09. The van der Waals surface area contributed by atoms with Gasteiger partial charge in [0.2, 0.25) is 0 Å². The van der Waals surface area contributed by atoms with Gasteiger partial charge in [-0.2, -0.15) is 5.10 Å². The number of carboxylic acid groups (broad SMARTS) is 1. The van der Waals surface area contributed by atoms with Crippen molar-refractivity contribution >= 4 is 37.5 Å². The summed E-state index contributed by atoms with van der Waals surface area (Å²) in [5, 5.41) is 14.6. The van der Waals surface area contributed by atoms with Crippen LogP contribution in [0.2, 0.25) is 0 Å². The fourth-order valence-electron chi connectivity index (χ4n) is 7.01. The molecule has 264 valence electrons. The van der Waals surface area contributed by atoms with Crippen LogP contribution in [-0.4, -0.2) is 59.9 Å². The van der Waals surface area contributed by atoms with Crippen LogP contribution in [0.25, 0.3) is 22.4 Å². The highest BCUT2D eigenvalue weighted by Crippen LogP contribution is 2.40. The lowest BCUT2D eigenvalue weighted by molar-refractivity contribution is -0.136. The molecule has 50 heavy (non-hydrogen) atoms. The van der Waals surface area contributed by atoms with Gasteiger partial charge in [0.15, 0.2) is 21.5 Å². The number of rotatable bonds is 4. The van der Waals surface area contributed by atoms with Gasteiger partial charge in [-0.05, 0) is 73.4 Å². The number of hydrogen-bond acceptors (Lipinski definition) is 7. The van der Waals surface area contributed by atoms with Crippen molar-refractivity contribution < 1.29 is 31.3 Å². The van der Waals surface area contributed by atoms with Crippen molar-refractivity contribution in [3.63, 3.8) is 0 Å². The second kappa shape index (κ2) is 13.4. The number of hydrogen-bond donors (Lipinski definition) is 2. The van der Waals surface area contributed by atoms with Crippen molar-refractivity contribution in [2.45, 2.75) is 74.5 Å². The molecule has 2 aromatic carbocycles. The number of aromatic nitrogens is 5. The Bertz CT molecular complexity index is 2250. The number of halogens is 2. The van der Waals surface area contributed by atoms with Crippen molar-refractivity contribution in [2.24, 2.45) is 12.5 Å². The lowest BCUT2D eigenvalue weighted by Gasteiger charge is -2.31. The summed E-state index contributed by atoms with van der Waals surface area (Å²) < 4.78 is 75.1. The summed E-state index contributed by atoms with van der Waals surface area (Å²) in [6.45, 7) is 5.57. The minimum atomic E-state index is -3.67. The molecule has 0 spiro atoms. The highest BCUT2D eigenvalue weighted by atomic mass is 32.2. The monoisotopic (exact) mass is 723 g/mol. The number of carboxylic acids is 1. The van der Waals surface area contributed by atoms with Crippen LogP contribution < -0.4 is 0 Å². The Kier molecular flexibility index (Phi) is 9.55. The number of aliphatic carboxylic acids is 1. The van der Waals surface area contributed by atoms with Gasteiger partial charge in [-0.25, -0.2) is 31.1 Å². The first-order valence-electron chi connectivity index (χ1n) is 16.4. The second-order valence-electron chi connectivity index (χ2n) is 14.0. The van der Waals surface area contributed by atoms with E-state index in [9.17, 15) is 22.5 Å². The van der Waals surface area contributed by atoms with Crippen LogP contribution in [0.5, 0.6) is 0 Å². The van der Waals surface area contributed by atoms with Crippen molar-refractivity contribution in [3.05, 3.63) is 89.0 Å². The molecule has 10 nitrogen and oxygen atoms in total. The first-order valence-corrected chi connectivity index (χ1v) is 19.3. The number of nitrogens with one attached hydrogen (secondary N) is 1. The smallest absolute Gasteiger partial charge is 0.303 e. The first kappa shape index (κ1) is 35.5. The van der Waals surface area contributed by atoms with E-state index >= 15 is 8.78 Å². The number of pyridine rings is 1. The van der Waals surface area contributed by atoms with Crippen LogP contribution in [-0.2, 0) is 50.7 Å². The number of aryl methyl sites for hydroxylation is 3. The Balaban J connectivity index is 1.52. The zero-order valence-corrected chi connectivity index (χ0v) is 29.9. The highest BCUT2D eigenvalue weighted by molar-refractivity contribution is 7.91. The van der Waals surface area contributed by atoms with Crippen LogP contribution in [0.1, 0.15) is 69.0 Å². The van der Waals surface area contributed by atoms with Crippen LogP contribution in [0.15, 0.2) is 64.6 Å². The number of nitrogens with zero attached hydrogens (tertiary/aromatic N) is 4. The molecule has 2 atom stereocenters. The lowest BCUT2D eigenvalue weighted by atomic mass is 9.75. The molecule has 1 unspecified atom stereocenters. The van der Waals surface area contributed by atoms with Gasteiger partial charge in [0.05, 0.1) is 32.6 Å². The van der Waals surface area contributed by atoms with E-state index in [0.717, 1.165) is 0 Å². The molecular formula is C36H39F2N5O5S2. The molecule has 0 radical (unpaired) electrons. The van der Waals surface area contributed by atoms with Crippen molar-refractivity contribution in [2.75, 3.05) is 11.5 Å². The summed E-state index contributed by atoms with van der Waals surface area (Å²) >= 11 is 0. The van der Waals surface area contributed by atoms with Crippen molar-refractivity contribution in [3.8, 4) is 11.5 Å². The molecule has 1 aliphatic rings. The Morgan fingerprint density at radius 3 is 2.66 bits per heavy atom. The van der Waals surface area contributed by atoms with Crippen LogP contribution in [0.4, 0.5) is 8.78 Å². The molecular weight excluding hydrogens is 685 g/mol. The average molecular weight is 724 g/mol. The molecule has 4 heterocycles. The molecule has 3 aromatic heterocycles. The minimum absolute atomic E-state index is 0.00402. The maximum absolute atomic E-state index is 16.3. The van der Waals surface area contributed by atoms with Crippen LogP contribution >= 0.6 is 0 Å². The van der Waals surface area contributed by atoms with Crippen molar-refractivity contribution in [1.29, 1.82) is 0 Å². The highest BCUT2D eigenvalue weighted by Gasteiger charge is 2.38. The summed E-state index contributed by atoms with van der Waals surface area (Å²) in [5.41, 5.74) is -0.0719. The molecule has 4 bridgehead atoms. The number of sulfone groups is 1. The van der Waals surface area contributed by atoms with E-state index in [1.165, 1.54) is 23.0 Å². The fourth-order valence-corrected chi connectivity index (χ4v) is 10.3. The third-order valence-corrected chi connectivity index (χ3v) is 13.1. The van der Waals surface area contributed by atoms with Crippen LogP contribution in [0.3, 0.4) is 0 Å². The van der Waals surface area contributed by atoms with Gasteiger partial charge in [-0.3, -0.25) is 9.78 Å². The molecule has 5 aromatic rings. The van der Waals surface area contributed by atoms with Gasteiger partial charge >= 0.3 is 5.97 Å². The molecule has 0 fully saturated rings.